The van der Waals surface area contributed by atoms with Crippen LogP contribution in [0.5, 0.6) is 0 Å². The van der Waals surface area contributed by atoms with Gasteiger partial charge in [0.05, 0.1) is 0 Å². The Kier molecular flexibility index (Phi) is 12.4. The first-order valence-corrected chi connectivity index (χ1v) is 5.97. The zero-order chi connectivity index (χ0) is 12.3. The van der Waals surface area contributed by atoms with Gasteiger partial charge >= 0.3 is 7.25 Å². The van der Waals surface area contributed by atoms with Crippen LogP contribution in [0.2, 0.25) is 0 Å². The van der Waals surface area contributed by atoms with E-state index in [0.717, 1.165) is 5.25 Å². The molecule has 0 aromatic carbocycles. The van der Waals surface area contributed by atoms with Crippen molar-refractivity contribution in [2.24, 2.45) is 0 Å². The molecule has 0 saturated heterocycles. The molecule has 0 rings (SSSR count). The van der Waals surface area contributed by atoms with Crippen molar-refractivity contribution in [3.63, 3.8) is 0 Å². The number of halogens is 4. The highest BCUT2D eigenvalue weighted by molar-refractivity contribution is 7.59. The van der Waals surface area contributed by atoms with Crippen molar-refractivity contribution in [3.05, 3.63) is 0 Å². The van der Waals surface area contributed by atoms with Crippen LogP contribution in [0.3, 0.4) is 0 Å². The van der Waals surface area contributed by atoms with Crippen molar-refractivity contribution < 1.29 is 17.3 Å². The Hall–Kier alpha value is 0.135. The molecule has 0 amide bonds. The highest BCUT2D eigenvalue weighted by Crippen LogP contribution is 2.08. The number of hydrogen-bond donors (Lipinski definition) is 0. The number of rotatable bonds is 6. The Morgan fingerprint density at radius 3 is 1.73 bits per heavy atom. The molecule has 1 atom stereocenters. The maximum absolute atomic E-state index is 9.75. The maximum atomic E-state index is 9.75. The van der Waals surface area contributed by atoms with Gasteiger partial charge in [-0.2, -0.15) is 0 Å². The zero-order valence-corrected chi connectivity index (χ0v) is 10.4. The van der Waals surface area contributed by atoms with E-state index in [0.29, 0.717) is 0 Å². The third-order valence-corrected chi connectivity index (χ3v) is 2.37. The highest BCUT2D eigenvalue weighted by Gasteiger charge is 2.20. The Labute approximate surface area is 95.3 Å². The average Bonchev–Trinajstić information content (AvgIpc) is 2.02. The third kappa shape index (κ3) is 31.5. The summed E-state index contributed by atoms with van der Waals surface area (Å²) in [6.45, 7) is 4.50. The number of hydrogen-bond acceptors (Lipinski definition) is 0. The van der Waals surface area contributed by atoms with E-state index in [1.54, 1.807) is 0 Å². The fourth-order valence-electron chi connectivity index (χ4n) is 1.13. The minimum Gasteiger partial charge on any atom is -0.418 e. The quantitative estimate of drug-likeness (QED) is 0.288. The van der Waals surface area contributed by atoms with Crippen molar-refractivity contribution >= 4 is 19.9 Å². The molecule has 0 bridgehead atoms. The maximum Gasteiger partial charge on any atom is 0.673 e. The van der Waals surface area contributed by atoms with Crippen LogP contribution in [0, 0.1) is 0 Å². The third-order valence-electron chi connectivity index (χ3n) is 1.79. The molecule has 0 heterocycles. The molecule has 1 unspecified atom stereocenters. The van der Waals surface area contributed by atoms with Crippen LogP contribution in [-0.2, 0) is 12.6 Å². The molecule has 0 aliphatic rings. The molecular formula is C9H21BF4S. The molecule has 0 spiro atoms. The summed E-state index contributed by atoms with van der Waals surface area (Å²) in [6, 6.07) is 0. The summed E-state index contributed by atoms with van der Waals surface area (Å²) < 4.78 is 39.0. The number of unbranched alkanes of at least 4 members (excludes halogenated alkanes) is 2. The average molecular weight is 248 g/mol. The molecule has 0 aromatic rings. The molecule has 0 N–H and O–H groups in total. The van der Waals surface area contributed by atoms with Gasteiger partial charge in [-0.05, 0) is 31.9 Å². The fraction of sp³-hybridized carbons (Fsp3) is 1.00. The Morgan fingerprint density at radius 1 is 0.933 bits per heavy atom. The van der Waals surface area contributed by atoms with Crippen LogP contribution < -0.4 is 0 Å². The summed E-state index contributed by atoms with van der Waals surface area (Å²) in [5.74, 6) is 0. The molecule has 94 valence electrons. The molecule has 0 radical (unpaired) electrons. The molecule has 6 heteroatoms. The normalized spacial score (nSPS) is 13.0. The predicted octanol–water partition coefficient (Wildman–Crippen LogP) is 4.05. The van der Waals surface area contributed by atoms with Crippen molar-refractivity contribution in [1.82, 2.24) is 0 Å². The zero-order valence-electron chi connectivity index (χ0n) is 9.41. The van der Waals surface area contributed by atoms with E-state index >= 15 is 0 Å². The van der Waals surface area contributed by atoms with Gasteiger partial charge < -0.3 is 17.3 Å². The summed E-state index contributed by atoms with van der Waals surface area (Å²) >= 11 is 3.72. The van der Waals surface area contributed by atoms with E-state index in [1.807, 2.05) is 0 Å². The van der Waals surface area contributed by atoms with E-state index in [1.165, 1.54) is 38.5 Å². The van der Waals surface area contributed by atoms with Gasteiger partial charge in [0.2, 0.25) is 0 Å². The molecular weight excluding hydrogens is 227 g/mol. The monoisotopic (exact) mass is 248 g/mol. The first-order valence-electron chi connectivity index (χ1n) is 5.39. The summed E-state index contributed by atoms with van der Waals surface area (Å²) in [5, 5.41) is 0.775. The second kappa shape index (κ2) is 10.6. The lowest BCUT2D eigenvalue weighted by Gasteiger charge is -2.01. The van der Waals surface area contributed by atoms with E-state index in [4.69, 9.17) is 0 Å². The molecule has 0 fully saturated rings. The van der Waals surface area contributed by atoms with Crippen LogP contribution in [-0.4, -0.2) is 12.5 Å². The lowest BCUT2D eigenvalue weighted by molar-refractivity contribution is 0.368. The Bertz CT molecular complexity index is 124. The molecule has 0 aliphatic heterocycles. The standard InChI is InChI=1S/C9H20S.BF4/c1-3-5-6-8-9(10)7-4-2;2-1(3,4)5/h9-10H,3-8H2,1-2H3;/q;-1/p+1. The van der Waals surface area contributed by atoms with Crippen LogP contribution in [0.25, 0.3) is 0 Å². The first-order chi connectivity index (χ1) is 6.81. The molecule has 0 aliphatic carbocycles. The van der Waals surface area contributed by atoms with Crippen molar-refractivity contribution in [2.45, 2.75) is 57.6 Å². The van der Waals surface area contributed by atoms with Crippen LogP contribution >= 0.6 is 0 Å². The minimum absolute atomic E-state index is 0.775. The van der Waals surface area contributed by atoms with Crippen molar-refractivity contribution in [1.29, 1.82) is 0 Å². The predicted molar refractivity (Wildman–Crippen MR) is 63.2 cm³/mol. The Morgan fingerprint density at radius 2 is 1.40 bits per heavy atom. The van der Waals surface area contributed by atoms with Gasteiger partial charge in [-0.3, -0.25) is 0 Å². The Balaban J connectivity index is 0. The van der Waals surface area contributed by atoms with Gasteiger partial charge in [-0.25, -0.2) is 0 Å². The lowest BCUT2D eigenvalue weighted by Crippen LogP contribution is -2.02. The van der Waals surface area contributed by atoms with Gasteiger partial charge in [0, 0.05) is 0 Å². The smallest absolute Gasteiger partial charge is 0.418 e. The highest BCUT2D eigenvalue weighted by atomic mass is 32.1. The minimum atomic E-state index is -6.00. The van der Waals surface area contributed by atoms with Gasteiger partial charge in [-0.15, -0.1) is 0 Å². The van der Waals surface area contributed by atoms with E-state index < -0.39 is 7.25 Å². The van der Waals surface area contributed by atoms with Crippen LogP contribution in [0.4, 0.5) is 17.3 Å². The summed E-state index contributed by atoms with van der Waals surface area (Å²) in [4.78, 5) is 0. The summed E-state index contributed by atoms with van der Waals surface area (Å²) in [6.07, 6.45) is 8.12. The largest absolute Gasteiger partial charge is 0.673 e. The topological polar surface area (TPSA) is 0 Å². The van der Waals surface area contributed by atoms with Gasteiger partial charge in [0.15, 0.2) is 0 Å². The van der Waals surface area contributed by atoms with Crippen LogP contribution in [0.1, 0.15) is 52.4 Å². The van der Waals surface area contributed by atoms with Gasteiger partial charge in [-0.1, -0.05) is 33.1 Å². The first kappa shape index (κ1) is 17.5. The van der Waals surface area contributed by atoms with E-state index in [-0.39, 0.29) is 0 Å². The molecule has 0 nitrogen and oxygen atoms in total. The summed E-state index contributed by atoms with van der Waals surface area (Å²) in [7, 11) is -6.00. The second-order valence-electron chi connectivity index (χ2n) is 3.48. The van der Waals surface area contributed by atoms with E-state index in [9.17, 15) is 17.3 Å². The molecule has 0 saturated carbocycles. The molecule has 0 aromatic heterocycles. The second-order valence-corrected chi connectivity index (χ2v) is 4.29. The van der Waals surface area contributed by atoms with Gasteiger partial charge in [0.25, 0.3) is 0 Å². The van der Waals surface area contributed by atoms with Gasteiger partial charge in [0.1, 0.15) is 5.25 Å². The molecule has 15 heavy (non-hydrogen) atoms. The SMILES string of the molecule is CCCCCC([SH2+])CCC.F[B-](F)(F)F. The van der Waals surface area contributed by atoms with Crippen LogP contribution in [0.15, 0.2) is 0 Å². The fourth-order valence-corrected chi connectivity index (χ4v) is 1.63. The lowest BCUT2D eigenvalue weighted by atomic mass is 10.1. The summed E-state index contributed by atoms with van der Waals surface area (Å²) in [5.41, 5.74) is 0. The van der Waals surface area contributed by atoms with Crippen molar-refractivity contribution in [3.8, 4) is 0 Å². The van der Waals surface area contributed by atoms with E-state index in [2.05, 4.69) is 26.5 Å². The van der Waals surface area contributed by atoms with Crippen molar-refractivity contribution in [2.75, 3.05) is 0 Å².